The predicted octanol–water partition coefficient (Wildman–Crippen LogP) is 5.59. The SMILES string of the molecule is Cc1ccc(Cl)cc1NC(=O)c1ccc(Nc2cccc3cccnc23)cn1. The number of pyridine rings is 2. The van der Waals surface area contributed by atoms with Crippen LogP contribution in [0.25, 0.3) is 10.9 Å². The molecular formula is C22H17ClN4O. The number of hydrogen-bond acceptors (Lipinski definition) is 4. The number of nitrogens with one attached hydrogen (secondary N) is 2. The fourth-order valence-electron chi connectivity index (χ4n) is 2.88. The molecule has 0 bridgehead atoms. The molecule has 0 unspecified atom stereocenters. The Labute approximate surface area is 167 Å². The van der Waals surface area contributed by atoms with E-state index in [-0.39, 0.29) is 5.91 Å². The van der Waals surface area contributed by atoms with E-state index in [1.165, 1.54) is 0 Å². The third kappa shape index (κ3) is 3.80. The van der Waals surface area contributed by atoms with Gasteiger partial charge in [0.25, 0.3) is 5.91 Å². The Morgan fingerprint density at radius 2 is 1.82 bits per heavy atom. The first kappa shape index (κ1) is 17.9. The van der Waals surface area contributed by atoms with Crippen molar-refractivity contribution in [2.24, 2.45) is 0 Å². The van der Waals surface area contributed by atoms with E-state index >= 15 is 0 Å². The maximum atomic E-state index is 12.5. The normalized spacial score (nSPS) is 10.6. The molecule has 0 atom stereocenters. The molecule has 0 saturated carbocycles. The first-order valence-electron chi connectivity index (χ1n) is 8.74. The molecule has 2 aromatic heterocycles. The van der Waals surface area contributed by atoms with Crippen LogP contribution >= 0.6 is 11.6 Å². The van der Waals surface area contributed by atoms with Crippen LogP contribution in [0.2, 0.25) is 5.02 Å². The predicted molar refractivity (Wildman–Crippen MR) is 113 cm³/mol. The Morgan fingerprint density at radius 3 is 2.64 bits per heavy atom. The number of para-hydroxylation sites is 1. The molecule has 0 aliphatic carbocycles. The second kappa shape index (κ2) is 7.66. The largest absolute Gasteiger partial charge is 0.352 e. The zero-order valence-corrected chi connectivity index (χ0v) is 15.9. The van der Waals surface area contributed by atoms with Gasteiger partial charge in [0, 0.05) is 22.3 Å². The van der Waals surface area contributed by atoms with Crippen LogP contribution < -0.4 is 10.6 Å². The highest BCUT2D eigenvalue weighted by Gasteiger charge is 2.10. The lowest BCUT2D eigenvalue weighted by Gasteiger charge is -2.10. The smallest absolute Gasteiger partial charge is 0.274 e. The Morgan fingerprint density at radius 1 is 0.964 bits per heavy atom. The minimum Gasteiger partial charge on any atom is -0.352 e. The van der Waals surface area contributed by atoms with Crippen molar-refractivity contribution in [3.05, 3.63) is 89.3 Å². The lowest BCUT2D eigenvalue weighted by molar-refractivity contribution is 0.102. The van der Waals surface area contributed by atoms with E-state index in [1.54, 1.807) is 30.6 Å². The molecule has 4 aromatic rings. The van der Waals surface area contributed by atoms with Crippen LogP contribution in [0.4, 0.5) is 17.1 Å². The molecule has 0 aliphatic heterocycles. The summed E-state index contributed by atoms with van der Waals surface area (Å²) in [6.07, 6.45) is 3.39. The molecule has 0 fully saturated rings. The van der Waals surface area contributed by atoms with Crippen molar-refractivity contribution in [2.45, 2.75) is 6.92 Å². The van der Waals surface area contributed by atoms with Gasteiger partial charge in [-0.2, -0.15) is 0 Å². The summed E-state index contributed by atoms with van der Waals surface area (Å²) in [5.74, 6) is -0.288. The average Bonchev–Trinajstić information content (AvgIpc) is 2.71. The number of rotatable bonds is 4. The highest BCUT2D eigenvalue weighted by molar-refractivity contribution is 6.31. The molecule has 4 rings (SSSR count). The van der Waals surface area contributed by atoms with E-state index in [2.05, 4.69) is 20.6 Å². The number of aromatic nitrogens is 2. The van der Waals surface area contributed by atoms with Gasteiger partial charge in [-0.05, 0) is 48.9 Å². The van der Waals surface area contributed by atoms with Gasteiger partial charge < -0.3 is 10.6 Å². The molecule has 0 radical (unpaired) electrons. The number of hydrogen-bond donors (Lipinski definition) is 2. The average molecular weight is 389 g/mol. The van der Waals surface area contributed by atoms with Crippen LogP contribution in [0.3, 0.4) is 0 Å². The first-order chi connectivity index (χ1) is 13.6. The van der Waals surface area contributed by atoms with Crippen LogP contribution in [-0.4, -0.2) is 15.9 Å². The maximum absolute atomic E-state index is 12.5. The van der Waals surface area contributed by atoms with Crippen molar-refractivity contribution in [1.82, 2.24) is 9.97 Å². The van der Waals surface area contributed by atoms with Crippen LogP contribution in [0.5, 0.6) is 0 Å². The Balaban J connectivity index is 1.52. The summed E-state index contributed by atoms with van der Waals surface area (Å²) in [4.78, 5) is 21.2. The lowest BCUT2D eigenvalue weighted by Crippen LogP contribution is -2.14. The van der Waals surface area contributed by atoms with E-state index in [1.807, 2.05) is 49.4 Å². The summed E-state index contributed by atoms with van der Waals surface area (Å²) in [5.41, 5.74) is 4.45. The van der Waals surface area contributed by atoms with Crippen LogP contribution in [-0.2, 0) is 0 Å². The molecular weight excluding hydrogens is 372 g/mol. The van der Waals surface area contributed by atoms with Gasteiger partial charge in [0.1, 0.15) is 5.69 Å². The van der Waals surface area contributed by atoms with E-state index in [9.17, 15) is 4.79 Å². The third-order valence-corrected chi connectivity index (χ3v) is 4.59. The topological polar surface area (TPSA) is 66.9 Å². The van der Waals surface area contributed by atoms with Gasteiger partial charge in [-0.25, -0.2) is 4.98 Å². The van der Waals surface area contributed by atoms with Crippen molar-refractivity contribution in [3.63, 3.8) is 0 Å². The fourth-order valence-corrected chi connectivity index (χ4v) is 3.05. The van der Waals surface area contributed by atoms with E-state index in [4.69, 9.17) is 11.6 Å². The van der Waals surface area contributed by atoms with Crippen molar-refractivity contribution >= 4 is 45.5 Å². The van der Waals surface area contributed by atoms with Gasteiger partial charge >= 0.3 is 0 Å². The third-order valence-electron chi connectivity index (χ3n) is 4.36. The molecule has 1 amide bonds. The number of anilines is 3. The number of amides is 1. The van der Waals surface area contributed by atoms with Crippen LogP contribution in [0.1, 0.15) is 16.1 Å². The molecule has 6 heteroatoms. The zero-order valence-electron chi connectivity index (χ0n) is 15.1. The monoisotopic (exact) mass is 388 g/mol. The second-order valence-corrected chi connectivity index (χ2v) is 6.79. The molecule has 0 aliphatic rings. The van der Waals surface area contributed by atoms with E-state index in [0.717, 1.165) is 27.8 Å². The Bertz CT molecular complexity index is 1150. The number of carbonyl (C=O) groups is 1. The number of halogens is 1. The number of fused-ring (bicyclic) bond motifs is 1. The summed E-state index contributed by atoms with van der Waals surface area (Å²) in [5, 5.41) is 7.77. The molecule has 2 heterocycles. The minimum atomic E-state index is -0.288. The molecule has 0 saturated heterocycles. The number of carbonyl (C=O) groups excluding carboxylic acids is 1. The molecule has 28 heavy (non-hydrogen) atoms. The van der Waals surface area contributed by atoms with Gasteiger partial charge in [-0.15, -0.1) is 0 Å². The van der Waals surface area contributed by atoms with Crippen molar-refractivity contribution < 1.29 is 4.79 Å². The van der Waals surface area contributed by atoms with Crippen molar-refractivity contribution in [1.29, 1.82) is 0 Å². The second-order valence-electron chi connectivity index (χ2n) is 6.35. The quantitative estimate of drug-likeness (QED) is 0.478. The number of nitrogens with zero attached hydrogens (tertiary/aromatic N) is 2. The summed E-state index contributed by atoms with van der Waals surface area (Å²) in [6, 6.07) is 18.7. The summed E-state index contributed by atoms with van der Waals surface area (Å²) < 4.78 is 0. The number of benzene rings is 2. The maximum Gasteiger partial charge on any atom is 0.274 e. The first-order valence-corrected chi connectivity index (χ1v) is 9.12. The molecule has 5 nitrogen and oxygen atoms in total. The van der Waals surface area contributed by atoms with Gasteiger partial charge in [-0.1, -0.05) is 35.9 Å². The van der Waals surface area contributed by atoms with Crippen LogP contribution in [0, 0.1) is 6.92 Å². The number of aryl methyl sites for hydroxylation is 1. The lowest BCUT2D eigenvalue weighted by atomic mass is 10.2. The van der Waals surface area contributed by atoms with E-state index in [0.29, 0.717) is 16.4 Å². The summed E-state index contributed by atoms with van der Waals surface area (Å²) in [7, 11) is 0. The summed E-state index contributed by atoms with van der Waals surface area (Å²) >= 11 is 6.01. The molecule has 138 valence electrons. The van der Waals surface area contributed by atoms with Gasteiger partial charge in [-0.3, -0.25) is 9.78 Å². The zero-order chi connectivity index (χ0) is 19.5. The summed E-state index contributed by atoms with van der Waals surface area (Å²) in [6.45, 7) is 1.91. The van der Waals surface area contributed by atoms with Gasteiger partial charge in [0.15, 0.2) is 0 Å². The fraction of sp³-hybridized carbons (Fsp3) is 0.0455. The van der Waals surface area contributed by atoms with E-state index < -0.39 is 0 Å². The van der Waals surface area contributed by atoms with Crippen molar-refractivity contribution in [2.75, 3.05) is 10.6 Å². The van der Waals surface area contributed by atoms with Gasteiger partial charge in [0.05, 0.1) is 23.1 Å². The molecule has 2 N–H and O–H groups in total. The van der Waals surface area contributed by atoms with Crippen molar-refractivity contribution in [3.8, 4) is 0 Å². The highest BCUT2D eigenvalue weighted by atomic mass is 35.5. The standard InChI is InChI=1S/C22H17ClN4O/c1-14-7-8-16(23)12-20(14)27-22(28)19-10-9-17(13-25-19)26-18-6-2-4-15-5-3-11-24-21(15)18/h2-13,26H,1H3,(H,27,28). The van der Waals surface area contributed by atoms with Crippen LogP contribution in [0.15, 0.2) is 73.1 Å². The Kier molecular flexibility index (Phi) is 4.91. The molecule has 0 spiro atoms. The molecule has 2 aromatic carbocycles. The van der Waals surface area contributed by atoms with Gasteiger partial charge in [0.2, 0.25) is 0 Å². The minimum absolute atomic E-state index is 0.288. The highest BCUT2D eigenvalue weighted by Crippen LogP contribution is 2.25. The Hall–Kier alpha value is -3.44.